The predicted octanol–water partition coefficient (Wildman–Crippen LogP) is 5.85. The van der Waals surface area contributed by atoms with Gasteiger partial charge in [0.15, 0.2) is 6.29 Å². The summed E-state index contributed by atoms with van der Waals surface area (Å²) in [7, 11) is 0. The zero-order valence-electron chi connectivity index (χ0n) is 31.4. The van der Waals surface area contributed by atoms with Gasteiger partial charge in [0.1, 0.15) is 30.5 Å². The Labute approximate surface area is 308 Å². The van der Waals surface area contributed by atoms with Crippen molar-refractivity contribution in [3.63, 3.8) is 0 Å². The van der Waals surface area contributed by atoms with Crippen molar-refractivity contribution in [2.45, 2.75) is 178 Å². The second kappa shape index (κ2) is 31.4. The minimum Gasteiger partial charge on any atom is -0.394 e. The van der Waals surface area contributed by atoms with Gasteiger partial charge in [-0.2, -0.15) is 0 Å². The average Bonchev–Trinajstić information content (AvgIpc) is 3.13. The maximum atomic E-state index is 12.9. The van der Waals surface area contributed by atoms with E-state index in [9.17, 15) is 35.4 Å². The first-order valence-corrected chi connectivity index (χ1v) is 19.6. The van der Waals surface area contributed by atoms with E-state index in [0.29, 0.717) is 12.8 Å². The van der Waals surface area contributed by atoms with Crippen LogP contribution in [0, 0.1) is 0 Å². The van der Waals surface area contributed by atoms with Gasteiger partial charge >= 0.3 is 0 Å². The largest absolute Gasteiger partial charge is 0.394 e. The maximum absolute atomic E-state index is 12.9. The van der Waals surface area contributed by atoms with Crippen LogP contribution in [-0.2, 0) is 14.3 Å². The number of ether oxygens (including phenoxy) is 2. The molecule has 0 bridgehead atoms. The summed E-state index contributed by atoms with van der Waals surface area (Å²) in [4.78, 5) is 12.9. The fourth-order valence-corrected chi connectivity index (χ4v) is 5.59. The van der Waals surface area contributed by atoms with E-state index in [1.54, 1.807) is 18.2 Å². The minimum atomic E-state index is -1.63. The SMILES string of the molecule is CCCCCC/C=C/CC/C=C/CC/C=C/C(O)C(COC1OC(CO)C(O)C(O)C1O)NC(=O)C(O)C/C=C\C/C=C\CCCCCCCC. The van der Waals surface area contributed by atoms with Crippen LogP contribution in [0.25, 0.3) is 0 Å². The summed E-state index contributed by atoms with van der Waals surface area (Å²) in [6.45, 7) is 3.47. The molecular weight excluding hydrogens is 650 g/mol. The van der Waals surface area contributed by atoms with Crippen LogP contribution in [0.5, 0.6) is 0 Å². The third-order valence-electron chi connectivity index (χ3n) is 8.91. The average molecular weight is 722 g/mol. The zero-order chi connectivity index (χ0) is 37.5. The second-order valence-corrected chi connectivity index (χ2v) is 13.5. The van der Waals surface area contributed by atoms with Gasteiger partial charge in [-0.05, 0) is 57.8 Å². The molecule has 51 heavy (non-hydrogen) atoms. The molecule has 10 heteroatoms. The topological polar surface area (TPSA) is 169 Å². The Bertz CT molecular complexity index is 996. The van der Waals surface area contributed by atoms with Gasteiger partial charge in [0.2, 0.25) is 5.91 Å². The molecule has 8 atom stereocenters. The lowest BCUT2D eigenvalue weighted by Crippen LogP contribution is -2.60. The third kappa shape index (κ3) is 22.5. The van der Waals surface area contributed by atoms with E-state index in [2.05, 4.69) is 55.6 Å². The number of amides is 1. The summed E-state index contributed by atoms with van der Waals surface area (Å²) >= 11 is 0. The van der Waals surface area contributed by atoms with Crippen molar-refractivity contribution in [1.29, 1.82) is 0 Å². The first-order chi connectivity index (χ1) is 24.8. The number of hydrogen-bond acceptors (Lipinski definition) is 9. The highest BCUT2D eigenvalue weighted by molar-refractivity contribution is 5.81. The van der Waals surface area contributed by atoms with Gasteiger partial charge < -0.3 is 45.4 Å². The van der Waals surface area contributed by atoms with Crippen molar-refractivity contribution in [3.8, 4) is 0 Å². The van der Waals surface area contributed by atoms with Crippen LogP contribution in [0.2, 0.25) is 0 Å². The number of carbonyl (C=O) groups excluding carboxylic acids is 1. The molecule has 0 saturated carbocycles. The molecule has 10 nitrogen and oxygen atoms in total. The van der Waals surface area contributed by atoms with Crippen molar-refractivity contribution >= 4 is 5.91 Å². The van der Waals surface area contributed by atoms with E-state index in [4.69, 9.17) is 9.47 Å². The summed E-state index contributed by atoms with van der Waals surface area (Å²) in [5.41, 5.74) is 0. The van der Waals surface area contributed by atoms with Crippen molar-refractivity contribution in [2.75, 3.05) is 13.2 Å². The Balaban J connectivity index is 2.62. The van der Waals surface area contributed by atoms with E-state index in [1.807, 2.05) is 6.08 Å². The highest BCUT2D eigenvalue weighted by Crippen LogP contribution is 2.22. The molecule has 7 N–H and O–H groups in total. The van der Waals surface area contributed by atoms with Crippen LogP contribution < -0.4 is 5.32 Å². The molecule has 1 amide bonds. The van der Waals surface area contributed by atoms with Crippen LogP contribution in [0.3, 0.4) is 0 Å². The molecule has 1 fully saturated rings. The fourth-order valence-electron chi connectivity index (χ4n) is 5.59. The molecule has 1 heterocycles. The zero-order valence-corrected chi connectivity index (χ0v) is 31.4. The van der Waals surface area contributed by atoms with Gasteiger partial charge in [0.05, 0.1) is 25.4 Å². The Kier molecular flexibility index (Phi) is 28.8. The lowest BCUT2D eigenvalue weighted by atomic mass is 9.99. The Morgan fingerprint density at radius 1 is 0.686 bits per heavy atom. The number of aliphatic hydroxyl groups excluding tert-OH is 6. The number of hydrogen-bond donors (Lipinski definition) is 7. The highest BCUT2D eigenvalue weighted by Gasteiger charge is 2.44. The summed E-state index contributed by atoms with van der Waals surface area (Å²) < 4.78 is 11.0. The van der Waals surface area contributed by atoms with Crippen LogP contribution in [0.4, 0.5) is 0 Å². The quantitative estimate of drug-likeness (QED) is 0.0355. The molecule has 0 aromatic carbocycles. The molecule has 0 spiro atoms. The smallest absolute Gasteiger partial charge is 0.249 e. The summed E-state index contributed by atoms with van der Waals surface area (Å²) in [6.07, 6.45) is 29.0. The molecule has 294 valence electrons. The Hall–Kier alpha value is -2.15. The van der Waals surface area contributed by atoms with Crippen molar-refractivity contribution in [1.82, 2.24) is 5.32 Å². The molecule has 0 aromatic rings. The predicted molar refractivity (Wildman–Crippen MR) is 204 cm³/mol. The van der Waals surface area contributed by atoms with Gasteiger partial charge in [0, 0.05) is 6.42 Å². The molecule has 0 aromatic heterocycles. The van der Waals surface area contributed by atoms with Gasteiger partial charge in [-0.15, -0.1) is 0 Å². The number of unbranched alkanes of at least 4 members (excludes halogenated alkanes) is 12. The minimum absolute atomic E-state index is 0.0877. The molecule has 1 rings (SSSR count). The van der Waals surface area contributed by atoms with E-state index < -0.39 is 61.5 Å². The summed E-state index contributed by atoms with van der Waals surface area (Å²) in [5, 5.41) is 64.1. The first kappa shape index (κ1) is 46.9. The fraction of sp³-hybridized carbons (Fsp3) is 0.732. The maximum Gasteiger partial charge on any atom is 0.249 e. The van der Waals surface area contributed by atoms with Crippen molar-refractivity contribution in [3.05, 3.63) is 60.8 Å². The Morgan fingerprint density at radius 3 is 1.84 bits per heavy atom. The summed E-state index contributed by atoms with van der Waals surface area (Å²) in [5.74, 6) is -0.703. The van der Waals surface area contributed by atoms with E-state index in [1.165, 1.54) is 64.2 Å². The normalized spacial score (nSPS) is 23.3. The van der Waals surface area contributed by atoms with Crippen LogP contribution >= 0.6 is 0 Å². The van der Waals surface area contributed by atoms with Gasteiger partial charge in [-0.1, -0.05) is 126 Å². The number of aliphatic hydroxyl groups is 6. The molecular formula is C41H71NO9. The number of rotatable bonds is 30. The molecule has 1 aliphatic rings. The monoisotopic (exact) mass is 722 g/mol. The second-order valence-electron chi connectivity index (χ2n) is 13.5. The molecule has 0 aliphatic carbocycles. The highest BCUT2D eigenvalue weighted by atomic mass is 16.7. The molecule has 8 unspecified atom stereocenters. The van der Waals surface area contributed by atoms with Gasteiger partial charge in [-0.25, -0.2) is 0 Å². The van der Waals surface area contributed by atoms with E-state index in [-0.39, 0.29) is 13.0 Å². The lowest BCUT2D eigenvalue weighted by Gasteiger charge is -2.40. The van der Waals surface area contributed by atoms with Crippen LogP contribution in [-0.4, -0.2) is 98.7 Å². The van der Waals surface area contributed by atoms with E-state index >= 15 is 0 Å². The first-order valence-electron chi connectivity index (χ1n) is 19.6. The van der Waals surface area contributed by atoms with E-state index in [0.717, 1.165) is 32.1 Å². The summed E-state index contributed by atoms with van der Waals surface area (Å²) in [6, 6.07) is -1.03. The van der Waals surface area contributed by atoms with Gasteiger partial charge in [0.25, 0.3) is 0 Å². The standard InChI is InChI=1S/C41H71NO9/c1-3-5-7-9-11-13-15-17-18-20-21-23-25-27-29-34(44)33(32-50-41-39(48)38(47)37(46)36(31-43)51-41)42-40(49)35(45)30-28-26-24-22-19-16-14-12-10-8-6-4-2/h13,15,19-22,26-29,33-39,41,43-48H,3-12,14,16-18,23-25,30-32H2,1-2H3,(H,42,49)/b15-13+,21-20+,22-19-,28-26-,29-27+. The van der Waals surface area contributed by atoms with Crippen molar-refractivity contribution in [2.24, 2.45) is 0 Å². The van der Waals surface area contributed by atoms with Crippen LogP contribution in [0.15, 0.2) is 60.8 Å². The number of nitrogens with one attached hydrogen (secondary N) is 1. The van der Waals surface area contributed by atoms with Crippen LogP contribution in [0.1, 0.15) is 129 Å². The van der Waals surface area contributed by atoms with Gasteiger partial charge in [-0.3, -0.25) is 4.79 Å². The molecule has 1 saturated heterocycles. The Morgan fingerprint density at radius 2 is 1.22 bits per heavy atom. The number of allylic oxidation sites excluding steroid dienone is 8. The molecule has 0 radical (unpaired) electrons. The lowest BCUT2D eigenvalue weighted by molar-refractivity contribution is -0.302. The third-order valence-corrected chi connectivity index (χ3v) is 8.91. The van der Waals surface area contributed by atoms with Crippen molar-refractivity contribution < 1.29 is 44.9 Å². The number of carbonyl (C=O) groups is 1. The molecule has 1 aliphatic heterocycles.